The highest BCUT2D eigenvalue weighted by Gasteiger charge is 2.40. The van der Waals surface area contributed by atoms with E-state index >= 15 is 0 Å². The van der Waals surface area contributed by atoms with E-state index in [-0.39, 0.29) is 24.8 Å². The highest BCUT2D eigenvalue weighted by Crippen LogP contribution is 2.43. The largest absolute Gasteiger partial charge is 0.423 e. The van der Waals surface area contributed by atoms with Gasteiger partial charge in [0.15, 0.2) is 5.58 Å². The first kappa shape index (κ1) is 24.6. The Morgan fingerprint density at radius 2 is 1.68 bits per heavy atom. The number of hydrogen-bond donors (Lipinski definition) is 1. The van der Waals surface area contributed by atoms with Gasteiger partial charge >= 0.3 is 6.01 Å². The third-order valence-corrected chi connectivity index (χ3v) is 7.71. The molecular weight excluding hydrogens is 473 g/mol. The molecule has 2 atom stereocenters. The molecule has 2 saturated heterocycles. The highest BCUT2D eigenvalue weighted by molar-refractivity contribution is 6.04. The number of para-hydroxylation sites is 3. The summed E-state index contributed by atoms with van der Waals surface area (Å²) in [5, 5.41) is 0. The Bertz CT molecular complexity index is 1170. The average Bonchev–Trinajstić information content (AvgIpc) is 3.22. The molecule has 0 aliphatic carbocycles. The second-order valence-corrected chi connectivity index (χ2v) is 9.38. The van der Waals surface area contributed by atoms with Crippen LogP contribution in [0.1, 0.15) is 42.5 Å². The van der Waals surface area contributed by atoms with Crippen molar-refractivity contribution in [2.45, 2.75) is 50.2 Å². The Hall–Kier alpha value is -2.48. The van der Waals surface area contributed by atoms with Crippen LogP contribution < -0.4 is 15.5 Å². The van der Waals surface area contributed by atoms with E-state index in [4.69, 9.17) is 10.2 Å². The summed E-state index contributed by atoms with van der Waals surface area (Å²) in [5.74, 6) is -0.492. The molecule has 9 heteroatoms. The van der Waals surface area contributed by atoms with Gasteiger partial charge in [-0.1, -0.05) is 24.6 Å². The number of hydrogen-bond acceptors (Lipinski definition) is 6. The summed E-state index contributed by atoms with van der Waals surface area (Å²) in [7, 11) is 2.31. The predicted octanol–water partition coefficient (Wildman–Crippen LogP) is 4.74. The molecule has 3 aliphatic rings. The van der Waals surface area contributed by atoms with Gasteiger partial charge in [0.25, 0.3) is 5.91 Å². The topological polar surface area (TPSA) is 78.8 Å². The highest BCUT2D eigenvalue weighted by atomic mass is 35.5. The lowest BCUT2D eigenvalue weighted by molar-refractivity contribution is 0.0549. The molecule has 1 amide bonds. The molecular formula is C25H31Cl2N5O2. The smallest absolute Gasteiger partial charge is 0.303 e. The van der Waals surface area contributed by atoms with Gasteiger partial charge in [-0.05, 0) is 57.0 Å². The van der Waals surface area contributed by atoms with Crippen molar-refractivity contribution in [2.75, 3.05) is 29.9 Å². The first-order valence-electron chi connectivity index (χ1n) is 11.6. The molecule has 6 rings (SSSR count). The number of carbonyl (C=O) groups excluding carboxylic acids is 1. The summed E-state index contributed by atoms with van der Waals surface area (Å²) in [5.41, 5.74) is 9.39. The van der Waals surface area contributed by atoms with Crippen molar-refractivity contribution in [3.05, 3.63) is 48.0 Å². The Morgan fingerprint density at radius 3 is 2.38 bits per heavy atom. The van der Waals surface area contributed by atoms with Crippen molar-refractivity contribution in [3.8, 4) is 0 Å². The van der Waals surface area contributed by atoms with Gasteiger partial charge in [0.1, 0.15) is 5.52 Å². The van der Waals surface area contributed by atoms with Crippen LogP contribution in [0.15, 0.2) is 46.9 Å². The van der Waals surface area contributed by atoms with E-state index in [2.05, 4.69) is 51.0 Å². The number of oxazole rings is 1. The van der Waals surface area contributed by atoms with E-state index < -0.39 is 5.91 Å². The van der Waals surface area contributed by atoms with Crippen LogP contribution in [0.4, 0.5) is 17.4 Å². The Kier molecular flexibility index (Phi) is 6.99. The van der Waals surface area contributed by atoms with E-state index in [1.54, 1.807) is 12.1 Å². The number of anilines is 3. The van der Waals surface area contributed by atoms with Crippen LogP contribution in [0.5, 0.6) is 0 Å². The molecule has 2 aromatic carbocycles. The first-order valence-corrected chi connectivity index (χ1v) is 11.6. The average molecular weight is 504 g/mol. The fourth-order valence-electron chi connectivity index (χ4n) is 6.05. The summed E-state index contributed by atoms with van der Waals surface area (Å²) < 4.78 is 6.09. The van der Waals surface area contributed by atoms with Gasteiger partial charge in [0, 0.05) is 31.2 Å². The quantitative estimate of drug-likeness (QED) is 0.555. The summed E-state index contributed by atoms with van der Waals surface area (Å²) >= 11 is 0. The number of amides is 1. The summed E-state index contributed by atoms with van der Waals surface area (Å²) in [6.45, 7) is 1.71. The second-order valence-electron chi connectivity index (χ2n) is 9.38. The minimum Gasteiger partial charge on any atom is -0.423 e. The molecule has 0 saturated carbocycles. The molecule has 4 heterocycles. The zero-order chi connectivity index (χ0) is 21.8. The van der Waals surface area contributed by atoms with Crippen molar-refractivity contribution in [1.29, 1.82) is 0 Å². The summed E-state index contributed by atoms with van der Waals surface area (Å²) in [4.78, 5) is 23.9. The Morgan fingerprint density at radius 1 is 0.971 bits per heavy atom. The van der Waals surface area contributed by atoms with Crippen molar-refractivity contribution in [3.63, 3.8) is 0 Å². The third kappa shape index (κ3) is 4.00. The molecule has 34 heavy (non-hydrogen) atoms. The molecule has 182 valence electrons. The van der Waals surface area contributed by atoms with Gasteiger partial charge in [-0.3, -0.25) is 9.69 Å². The Balaban J connectivity index is 0.00000137. The van der Waals surface area contributed by atoms with Crippen LogP contribution in [-0.2, 0) is 0 Å². The van der Waals surface area contributed by atoms with Gasteiger partial charge in [-0.25, -0.2) is 0 Å². The number of halogens is 2. The van der Waals surface area contributed by atoms with E-state index in [9.17, 15) is 4.79 Å². The number of rotatable bonds is 3. The van der Waals surface area contributed by atoms with E-state index in [0.29, 0.717) is 40.8 Å². The van der Waals surface area contributed by atoms with Gasteiger partial charge < -0.3 is 20.0 Å². The monoisotopic (exact) mass is 503 g/mol. The number of carbonyl (C=O) groups is 1. The molecule has 2 N–H and O–H groups in total. The fraction of sp³-hybridized carbons (Fsp3) is 0.440. The molecule has 0 radical (unpaired) electrons. The molecule has 3 aromatic rings. The lowest BCUT2D eigenvalue weighted by atomic mass is 9.81. The SMILES string of the molecule is CN1C2CCCC1CC(N1CCN(c3nc4c(C(N)=O)cccc4o3)c3ccccc31)C2.Cl.Cl. The summed E-state index contributed by atoms with van der Waals surface area (Å²) in [6, 6.07) is 16.3. The van der Waals surface area contributed by atoms with Crippen molar-refractivity contribution >= 4 is 59.2 Å². The maximum Gasteiger partial charge on any atom is 0.303 e. The number of benzene rings is 2. The van der Waals surface area contributed by atoms with Gasteiger partial charge in [-0.15, -0.1) is 24.8 Å². The van der Waals surface area contributed by atoms with Crippen LogP contribution in [0.25, 0.3) is 11.1 Å². The number of aromatic nitrogens is 1. The molecule has 0 spiro atoms. The zero-order valence-electron chi connectivity index (χ0n) is 19.2. The van der Waals surface area contributed by atoms with E-state index in [1.807, 2.05) is 6.07 Å². The fourth-order valence-corrected chi connectivity index (χ4v) is 6.05. The van der Waals surface area contributed by atoms with Gasteiger partial charge in [0.05, 0.1) is 16.9 Å². The third-order valence-electron chi connectivity index (χ3n) is 7.71. The lowest BCUT2D eigenvalue weighted by Gasteiger charge is -2.51. The number of nitrogens with zero attached hydrogens (tertiary/aromatic N) is 4. The van der Waals surface area contributed by atoms with Crippen molar-refractivity contribution in [1.82, 2.24) is 9.88 Å². The standard InChI is InChI=1S/C25H29N5O2.2ClH/c1-28-16-6-4-7-17(28)15-18(14-16)29-12-13-30(21-10-3-2-9-20(21)29)25-27-23-19(24(26)31)8-5-11-22(23)32-25;;/h2-3,5,8-11,16-18H,4,6-7,12-15H2,1H3,(H2,26,31);2*1H. The van der Waals surface area contributed by atoms with Crippen molar-refractivity contribution < 1.29 is 9.21 Å². The number of piperidine rings is 2. The molecule has 2 fully saturated rings. The maximum atomic E-state index is 11.8. The predicted molar refractivity (Wildman–Crippen MR) is 140 cm³/mol. The lowest BCUT2D eigenvalue weighted by Crippen LogP contribution is -2.57. The second kappa shape index (κ2) is 9.64. The van der Waals surface area contributed by atoms with Gasteiger partial charge in [-0.2, -0.15) is 4.98 Å². The number of fused-ring (bicyclic) bond motifs is 4. The summed E-state index contributed by atoms with van der Waals surface area (Å²) in [6.07, 6.45) is 6.45. The molecule has 7 nitrogen and oxygen atoms in total. The van der Waals surface area contributed by atoms with Crippen LogP contribution >= 0.6 is 24.8 Å². The zero-order valence-corrected chi connectivity index (χ0v) is 20.9. The van der Waals surface area contributed by atoms with E-state index in [1.165, 1.54) is 37.8 Å². The normalized spacial score (nSPS) is 24.2. The van der Waals surface area contributed by atoms with Crippen LogP contribution in [0.3, 0.4) is 0 Å². The molecule has 2 bridgehead atoms. The minimum atomic E-state index is -0.492. The van der Waals surface area contributed by atoms with E-state index in [0.717, 1.165) is 18.8 Å². The Labute approximate surface area is 212 Å². The van der Waals surface area contributed by atoms with Crippen molar-refractivity contribution in [2.24, 2.45) is 5.73 Å². The molecule has 3 aliphatic heterocycles. The van der Waals surface area contributed by atoms with Gasteiger partial charge in [0.2, 0.25) is 0 Å². The van der Waals surface area contributed by atoms with Crippen LogP contribution in [0.2, 0.25) is 0 Å². The number of primary amides is 1. The minimum absolute atomic E-state index is 0. The maximum absolute atomic E-state index is 11.8. The molecule has 2 unspecified atom stereocenters. The van der Waals surface area contributed by atoms with Crippen LogP contribution in [0, 0.1) is 0 Å². The van der Waals surface area contributed by atoms with Crippen LogP contribution in [-0.4, -0.2) is 54.1 Å². The first-order chi connectivity index (χ1) is 15.6. The number of nitrogens with two attached hydrogens (primary N) is 1. The molecule has 1 aromatic heterocycles.